The molecule has 4 nitrogen and oxygen atoms in total. The van der Waals surface area contributed by atoms with Crippen molar-refractivity contribution in [1.82, 2.24) is 4.98 Å². The zero-order valence-electron chi connectivity index (χ0n) is 15.1. The van der Waals surface area contributed by atoms with Crippen molar-refractivity contribution in [3.05, 3.63) is 101 Å². The van der Waals surface area contributed by atoms with Gasteiger partial charge in [-0.15, -0.1) is 0 Å². The number of aromatic nitrogens is 1. The summed E-state index contributed by atoms with van der Waals surface area (Å²) in [4.78, 5) is 28.4. The smallest absolute Gasteiger partial charge is 0.248 e. The molecular formula is C23H20N2O2. The number of benzene rings is 2. The SMILES string of the molecule is Cc1cccc(C(=O)Cc2cccc(/C=C/C(=O)Nc3ccncc3)c2)c1. The summed E-state index contributed by atoms with van der Waals surface area (Å²) in [5.74, 6) is -0.141. The van der Waals surface area contributed by atoms with E-state index in [0.29, 0.717) is 17.7 Å². The predicted molar refractivity (Wildman–Crippen MR) is 108 cm³/mol. The Labute approximate surface area is 158 Å². The molecule has 0 unspecified atom stereocenters. The van der Waals surface area contributed by atoms with Crippen LogP contribution in [0.2, 0.25) is 0 Å². The lowest BCUT2D eigenvalue weighted by Gasteiger charge is -2.04. The minimum Gasteiger partial charge on any atom is -0.322 e. The van der Waals surface area contributed by atoms with Crippen LogP contribution in [0.1, 0.15) is 27.0 Å². The lowest BCUT2D eigenvalue weighted by Crippen LogP contribution is -2.07. The molecule has 0 radical (unpaired) electrons. The first-order valence-electron chi connectivity index (χ1n) is 8.68. The first-order valence-corrected chi connectivity index (χ1v) is 8.68. The number of aryl methyl sites for hydroxylation is 1. The number of ketones is 1. The van der Waals surface area contributed by atoms with Crippen LogP contribution in [-0.2, 0) is 11.2 Å². The Balaban J connectivity index is 1.64. The van der Waals surface area contributed by atoms with E-state index in [1.807, 2.05) is 55.5 Å². The highest BCUT2D eigenvalue weighted by Crippen LogP contribution is 2.13. The highest BCUT2D eigenvalue weighted by molar-refractivity contribution is 6.02. The van der Waals surface area contributed by atoms with Gasteiger partial charge < -0.3 is 5.32 Å². The minimum absolute atomic E-state index is 0.0789. The molecular weight excluding hydrogens is 336 g/mol. The van der Waals surface area contributed by atoms with Crippen LogP contribution in [0.3, 0.4) is 0 Å². The van der Waals surface area contributed by atoms with Gasteiger partial charge in [-0.1, -0.05) is 48.0 Å². The van der Waals surface area contributed by atoms with E-state index in [2.05, 4.69) is 10.3 Å². The topological polar surface area (TPSA) is 59.1 Å². The molecule has 0 aliphatic heterocycles. The average Bonchev–Trinajstić information content (AvgIpc) is 2.67. The summed E-state index contributed by atoms with van der Waals surface area (Å²) in [6.07, 6.45) is 6.77. The van der Waals surface area contributed by atoms with Gasteiger partial charge in [0.15, 0.2) is 5.78 Å². The highest BCUT2D eigenvalue weighted by Gasteiger charge is 2.07. The maximum absolute atomic E-state index is 12.5. The molecule has 0 saturated heterocycles. The lowest BCUT2D eigenvalue weighted by atomic mass is 10.00. The molecule has 1 amide bonds. The van der Waals surface area contributed by atoms with E-state index < -0.39 is 0 Å². The number of nitrogens with one attached hydrogen (secondary N) is 1. The van der Waals surface area contributed by atoms with E-state index in [1.165, 1.54) is 6.08 Å². The van der Waals surface area contributed by atoms with Crippen molar-refractivity contribution in [2.45, 2.75) is 13.3 Å². The van der Waals surface area contributed by atoms with Gasteiger partial charge in [0.1, 0.15) is 0 Å². The van der Waals surface area contributed by atoms with Crippen LogP contribution >= 0.6 is 0 Å². The second kappa shape index (κ2) is 8.72. The molecule has 134 valence electrons. The molecule has 27 heavy (non-hydrogen) atoms. The van der Waals surface area contributed by atoms with Crippen molar-refractivity contribution in [2.24, 2.45) is 0 Å². The van der Waals surface area contributed by atoms with Crippen molar-refractivity contribution in [1.29, 1.82) is 0 Å². The molecule has 0 aliphatic rings. The van der Waals surface area contributed by atoms with E-state index in [4.69, 9.17) is 0 Å². The molecule has 0 fully saturated rings. The summed E-state index contributed by atoms with van der Waals surface area (Å²) in [5.41, 5.74) is 4.26. The molecule has 2 aromatic carbocycles. The molecule has 0 bridgehead atoms. The number of carbonyl (C=O) groups excluding carboxylic acids is 2. The van der Waals surface area contributed by atoms with E-state index in [-0.39, 0.29) is 11.7 Å². The monoisotopic (exact) mass is 356 g/mol. The van der Waals surface area contributed by atoms with E-state index in [0.717, 1.165) is 16.7 Å². The van der Waals surface area contributed by atoms with Crippen molar-refractivity contribution in [3.8, 4) is 0 Å². The molecule has 0 atom stereocenters. The summed E-state index contributed by atoms with van der Waals surface area (Å²) in [5, 5.41) is 2.77. The van der Waals surface area contributed by atoms with Crippen molar-refractivity contribution in [3.63, 3.8) is 0 Å². The molecule has 4 heteroatoms. The van der Waals surface area contributed by atoms with Gasteiger partial charge in [0.2, 0.25) is 5.91 Å². The first kappa shape index (κ1) is 18.3. The third-order valence-corrected chi connectivity index (χ3v) is 4.03. The first-order chi connectivity index (χ1) is 13.1. The Bertz CT molecular complexity index is 978. The van der Waals surface area contributed by atoms with Gasteiger partial charge in [-0.05, 0) is 42.3 Å². The number of anilines is 1. The van der Waals surface area contributed by atoms with Gasteiger partial charge in [-0.2, -0.15) is 0 Å². The van der Waals surface area contributed by atoms with Crippen molar-refractivity contribution >= 4 is 23.5 Å². The number of nitrogens with zero attached hydrogens (tertiary/aromatic N) is 1. The van der Waals surface area contributed by atoms with Crippen LogP contribution in [0.4, 0.5) is 5.69 Å². The molecule has 1 aromatic heterocycles. The third-order valence-electron chi connectivity index (χ3n) is 4.03. The fourth-order valence-electron chi connectivity index (χ4n) is 2.70. The number of hydrogen-bond acceptors (Lipinski definition) is 3. The molecule has 0 spiro atoms. The molecule has 0 saturated carbocycles. The predicted octanol–water partition coefficient (Wildman–Crippen LogP) is 4.47. The minimum atomic E-state index is -0.220. The molecule has 3 rings (SSSR count). The summed E-state index contributed by atoms with van der Waals surface area (Å²) < 4.78 is 0. The fraction of sp³-hybridized carbons (Fsp3) is 0.0870. The fourth-order valence-corrected chi connectivity index (χ4v) is 2.70. The van der Waals surface area contributed by atoms with Crippen LogP contribution in [0.5, 0.6) is 0 Å². The summed E-state index contributed by atoms with van der Waals surface area (Å²) in [6.45, 7) is 1.97. The van der Waals surface area contributed by atoms with Crippen LogP contribution in [0.25, 0.3) is 6.08 Å². The largest absolute Gasteiger partial charge is 0.322 e. The third kappa shape index (κ3) is 5.47. The zero-order chi connectivity index (χ0) is 19.1. The van der Waals surface area contributed by atoms with Crippen LogP contribution in [0, 0.1) is 6.92 Å². The normalized spacial score (nSPS) is 10.7. The van der Waals surface area contributed by atoms with Gasteiger partial charge in [-0.25, -0.2) is 0 Å². The summed E-state index contributed by atoms with van der Waals surface area (Å²) in [6, 6.07) is 18.7. The maximum Gasteiger partial charge on any atom is 0.248 e. The standard InChI is InChI=1S/C23H20N2O2/c1-17-4-2-7-20(14-17)22(26)16-19-6-3-5-18(15-19)8-9-23(27)25-21-10-12-24-13-11-21/h2-15H,16H2,1H3,(H,24,25,27)/b9-8+. The van der Waals surface area contributed by atoms with Gasteiger partial charge in [-0.3, -0.25) is 14.6 Å². The lowest BCUT2D eigenvalue weighted by molar-refractivity contribution is -0.111. The Morgan fingerprint density at radius 3 is 2.56 bits per heavy atom. The van der Waals surface area contributed by atoms with Gasteiger partial charge in [0.05, 0.1) is 0 Å². The van der Waals surface area contributed by atoms with Gasteiger partial charge in [0.25, 0.3) is 0 Å². The summed E-state index contributed by atoms with van der Waals surface area (Å²) >= 11 is 0. The van der Waals surface area contributed by atoms with Gasteiger partial charge in [0, 0.05) is 36.1 Å². The Hall–Kier alpha value is -3.53. The van der Waals surface area contributed by atoms with Gasteiger partial charge >= 0.3 is 0 Å². The van der Waals surface area contributed by atoms with Crippen LogP contribution in [0.15, 0.2) is 79.1 Å². The number of hydrogen-bond donors (Lipinski definition) is 1. The molecule has 1 heterocycles. The Morgan fingerprint density at radius 1 is 1.00 bits per heavy atom. The average molecular weight is 356 g/mol. The second-order valence-corrected chi connectivity index (χ2v) is 6.27. The second-order valence-electron chi connectivity index (χ2n) is 6.27. The van der Waals surface area contributed by atoms with Crippen LogP contribution < -0.4 is 5.32 Å². The van der Waals surface area contributed by atoms with E-state index in [9.17, 15) is 9.59 Å². The number of Topliss-reactive ketones (excluding diaryl/α,β-unsaturated/α-hetero) is 1. The van der Waals surface area contributed by atoms with Crippen molar-refractivity contribution in [2.75, 3.05) is 5.32 Å². The Kier molecular flexibility index (Phi) is 5.90. The molecule has 0 aliphatic carbocycles. The number of carbonyl (C=O) groups is 2. The summed E-state index contributed by atoms with van der Waals surface area (Å²) in [7, 11) is 0. The molecule has 1 N–H and O–H groups in total. The van der Waals surface area contributed by atoms with E-state index >= 15 is 0 Å². The number of rotatable bonds is 6. The maximum atomic E-state index is 12.5. The highest BCUT2D eigenvalue weighted by atomic mass is 16.1. The van der Waals surface area contributed by atoms with Crippen LogP contribution in [-0.4, -0.2) is 16.7 Å². The van der Waals surface area contributed by atoms with Crippen molar-refractivity contribution < 1.29 is 9.59 Å². The number of amides is 1. The molecule has 3 aromatic rings. The zero-order valence-corrected chi connectivity index (χ0v) is 15.1. The number of pyridine rings is 1. The van der Waals surface area contributed by atoms with E-state index in [1.54, 1.807) is 30.6 Å². The quantitative estimate of drug-likeness (QED) is 0.524. The Morgan fingerprint density at radius 2 is 1.78 bits per heavy atom.